The highest BCUT2D eigenvalue weighted by Crippen LogP contribution is 2.32. The summed E-state index contributed by atoms with van der Waals surface area (Å²) in [6, 6.07) is 8.80. The van der Waals surface area contributed by atoms with Gasteiger partial charge in [0.2, 0.25) is 0 Å². The number of H-pyrrole nitrogens is 1. The van der Waals surface area contributed by atoms with Crippen LogP contribution in [0.3, 0.4) is 0 Å². The van der Waals surface area contributed by atoms with E-state index in [2.05, 4.69) is 4.98 Å². The third-order valence-electron chi connectivity index (χ3n) is 4.02. The Bertz CT molecular complexity index is 1200. The second-order valence-electron chi connectivity index (χ2n) is 7.57. The van der Waals surface area contributed by atoms with Gasteiger partial charge in [-0.05, 0) is 57.2 Å². The number of carbonyl (C=O) groups excluding carboxylic acids is 1. The fourth-order valence-corrected chi connectivity index (χ4v) is 5.18. The van der Waals surface area contributed by atoms with Crippen molar-refractivity contribution in [2.75, 3.05) is 10.8 Å². The molecule has 0 atom stereocenters. The molecule has 0 aliphatic carbocycles. The van der Waals surface area contributed by atoms with Crippen molar-refractivity contribution in [2.24, 2.45) is 0 Å². The molecule has 1 heterocycles. The minimum Gasteiger partial charge on any atom is -0.459 e. The van der Waals surface area contributed by atoms with E-state index in [9.17, 15) is 13.2 Å². The largest absolute Gasteiger partial charge is 0.459 e. The Kier molecular flexibility index (Phi) is 6.30. The van der Waals surface area contributed by atoms with Gasteiger partial charge in [0, 0.05) is 27.1 Å². The van der Waals surface area contributed by atoms with Gasteiger partial charge >= 0.3 is 5.97 Å². The Labute approximate surface area is 189 Å². The van der Waals surface area contributed by atoms with E-state index in [1.165, 1.54) is 18.2 Å². The summed E-state index contributed by atoms with van der Waals surface area (Å²) in [5.74, 6) is -0.709. The molecule has 10 heteroatoms. The van der Waals surface area contributed by atoms with E-state index in [1.54, 1.807) is 45.2 Å². The van der Waals surface area contributed by atoms with Crippen LogP contribution in [-0.2, 0) is 19.6 Å². The lowest BCUT2D eigenvalue weighted by molar-refractivity contribution is -0.152. The van der Waals surface area contributed by atoms with Crippen molar-refractivity contribution >= 4 is 67.4 Å². The van der Waals surface area contributed by atoms with Crippen LogP contribution in [0.1, 0.15) is 20.8 Å². The van der Waals surface area contributed by atoms with Gasteiger partial charge in [0.15, 0.2) is 0 Å². The highest BCUT2D eigenvalue weighted by molar-refractivity contribution is 7.92. The number of fused-ring (bicyclic) bond motifs is 1. The number of halogens is 3. The van der Waals surface area contributed by atoms with Crippen LogP contribution >= 0.6 is 34.8 Å². The van der Waals surface area contributed by atoms with Crippen molar-refractivity contribution in [3.8, 4) is 0 Å². The number of aromatic amines is 1. The second-order valence-corrected chi connectivity index (χ2v) is 10.7. The zero-order valence-electron chi connectivity index (χ0n) is 16.4. The van der Waals surface area contributed by atoms with Crippen LogP contribution in [-0.4, -0.2) is 31.5 Å². The molecule has 1 aromatic heterocycles. The van der Waals surface area contributed by atoms with Crippen molar-refractivity contribution in [1.82, 2.24) is 4.98 Å². The summed E-state index contributed by atoms with van der Waals surface area (Å²) in [6.07, 6.45) is 1.60. The SMILES string of the molecule is CC(C)(C)OC(=O)CN(c1ccc2[nH]cc(Cl)c2c1)S(=O)(=O)c1cc(Cl)cc(Cl)c1. The first-order valence-electron chi connectivity index (χ1n) is 8.84. The number of anilines is 1. The van der Waals surface area contributed by atoms with Gasteiger partial charge < -0.3 is 9.72 Å². The molecule has 6 nitrogen and oxygen atoms in total. The van der Waals surface area contributed by atoms with Gasteiger partial charge in [0.1, 0.15) is 12.1 Å². The molecule has 0 fully saturated rings. The van der Waals surface area contributed by atoms with Gasteiger partial charge in [-0.1, -0.05) is 34.8 Å². The quantitative estimate of drug-likeness (QED) is 0.469. The number of hydrogen-bond donors (Lipinski definition) is 1. The van der Waals surface area contributed by atoms with Crippen molar-refractivity contribution in [3.05, 3.63) is 57.7 Å². The Morgan fingerprint density at radius 1 is 1.07 bits per heavy atom. The highest BCUT2D eigenvalue weighted by atomic mass is 35.5. The minimum absolute atomic E-state index is 0.149. The molecule has 0 amide bonds. The fraction of sp³-hybridized carbons (Fsp3) is 0.250. The van der Waals surface area contributed by atoms with Crippen LogP contribution in [0.4, 0.5) is 5.69 Å². The number of nitrogens with one attached hydrogen (secondary N) is 1. The van der Waals surface area contributed by atoms with Crippen LogP contribution in [0.25, 0.3) is 10.9 Å². The van der Waals surface area contributed by atoms with Gasteiger partial charge in [-0.15, -0.1) is 0 Å². The maximum Gasteiger partial charge on any atom is 0.327 e. The van der Waals surface area contributed by atoms with Crippen molar-refractivity contribution in [3.63, 3.8) is 0 Å². The number of hydrogen-bond acceptors (Lipinski definition) is 4. The normalized spacial score (nSPS) is 12.2. The molecule has 0 spiro atoms. The second kappa shape index (κ2) is 8.30. The number of nitrogens with zero attached hydrogens (tertiary/aromatic N) is 1. The molecule has 30 heavy (non-hydrogen) atoms. The van der Waals surface area contributed by atoms with E-state index in [4.69, 9.17) is 39.5 Å². The maximum absolute atomic E-state index is 13.5. The fourth-order valence-electron chi connectivity index (χ4n) is 2.84. The standard InChI is InChI=1S/C20H19Cl3N2O4S/c1-20(2,3)29-19(26)11-25(14-4-5-18-16(9-14)17(23)10-24-18)30(27,28)15-7-12(21)6-13(22)8-15/h4-10,24H,11H2,1-3H3. The Hall–Kier alpha value is -1.93. The number of aromatic nitrogens is 1. The molecule has 3 rings (SSSR count). The third kappa shape index (κ3) is 5.03. The summed E-state index contributed by atoms with van der Waals surface area (Å²) in [5, 5.41) is 1.35. The van der Waals surface area contributed by atoms with Crippen LogP contribution in [0.15, 0.2) is 47.5 Å². The first kappa shape index (κ1) is 22.7. The molecule has 1 N–H and O–H groups in total. The van der Waals surface area contributed by atoms with Crippen molar-refractivity contribution < 1.29 is 17.9 Å². The van der Waals surface area contributed by atoms with Gasteiger partial charge in [0.25, 0.3) is 10.0 Å². The molecular weight excluding hydrogens is 471 g/mol. The van der Waals surface area contributed by atoms with Crippen LogP contribution in [0.5, 0.6) is 0 Å². The molecule has 0 unspecified atom stereocenters. The van der Waals surface area contributed by atoms with E-state index in [1.807, 2.05) is 0 Å². The molecule has 0 saturated heterocycles. The maximum atomic E-state index is 13.5. The first-order valence-corrected chi connectivity index (χ1v) is 11.4. The molecule has 0 bridgehead atoms. The molecule has 0 aliphatic rings. The Balaban J connectivity index is 2.12. The summed E-state index contributed by atoms with van der Waals surface area (Å²) in [4.78, 5) is 15.4. The van der Waals surface area contributed by atoms with Crippen molar-refractivity contribution in [2.45, 2.75) is 31.3 Å². The zero-order chi connectivity index (χ0) is 22.3. The van der Waals surface area contributed by atoms with Gasteiger partial charge in [0.05, 0.1) is 15.6 Å². The molecule has 3 aromatic rings. The van der Waals surface area contributed by atoms with E-state index in [0.29, 0.717) is 10.4 Å². The van der Waals surface area contributed by atoms with Crippen LogP contribution in [0.2, 0.25) is 15.1 Å². The highest BCUT2D eigenvalue weighted by Gasteiger charge is 2.30. The minimum atomic E-state index is -4.20. The number of carbonyl (C=O) groups is 1. The smallest absolute Gasteiger partial charge is 0.327 e. The molecule has 0 radical (unpaired) electrons. The number of benzene rings is 2. The Morgan fingerprint density at radius 2 is 1.70 bits per heavy atom. The summed E-state index contributed by atoms with van der Waals surface area (Å²) >= 11 is 18.2. The van der Waals surface area contributed by atoms with Crippen LogP contribution in [0, 0.1) is 0 Å². The lowest BCUT2D eigenvalue weighted by Gasteiger charge is -2.26. The molecule has 160 valence electrons. The van der Waals surface area contributed by atoms with Gasteiger partial charge in [-0.25, -0.2) is 8.42 Å². The summed E-state index contributed by atoms with van der Waals surface area (Å²) in [5.41, 5.74) is 0.190. The van der Waals surface area contributed by atoms with E-state index < -0.39 is 28.1 Å². The number of ether oxygens (including phenoxy) is 1. The summed E-state index contributed by atoms with van der Waals surface area (Å²) in [6.45, 7) is 4.56. The number of esters is 1. The predicted molar refractivity (Wildman–Crippen MR) is 120 cm³/mol. The van der Waals surface area contributed by atoms with E-state index in [-0.39, 0.29) is 20.6 Å². The summed E-state index contributed by atoms with van der Waals surface area (Å²) in [7, 11) is -4.20. The molecule has 0 saturated carbocycles. The monoisotopic (exact) mass is 488 g/mol. The van der Waals surface area contributed by atoms with E-state index in [0.717, 1.165) is 9.82 Å². The topological polar surface area (TPSA) is 79.5 Å². The summed E-state index contributed by atoms with van der Waals surface area (Å²) < 4.78 is 33.2. The average molecular weight is 490 g/mol. The molecule has 2 aromatic carbocycles. The lowest BCUT2D eigenvalue weighted by Crippen LogP contribution is -2.39. The van der Waals surface area contributed by atoms with Gasteiger partial charge in [-0.2, -0.15) is 0 Å². The number of sulfonamides is 1. The lowest BCUT2D eigenvalue weighted by atomic mass is 10.2. The molecular formula is C20H19Cl3N2O4S. The number of rotatable bonds is 5. The van der Waals surface area contributed by atoms with Gasteiger partial charge in [-0.3, -0.25) is 9.10 Å². The zero-order valence-corrected chi connectivity index (χ0v) is 19.5. The van der Waals surface area contributed by atoms with Crippen molar-refractivity contribution in [1.29, 1.82) is 0 Å². The Morgan fingerprint density at radius 3 is 2.30 bits per heavy atom. The predicted octanol–water partition coefficient (Wildman–Crippen LogP) is 5.67. The van der Waals surface area contributed by atoms with E-state index >= 15 is 0 Å². The third-order valence-corrected chi connectivity index (χ3v) is 6.52. The average Bonchev–Trinajstić information content (AvgIpc) is 2.98. The molecule has 0 aliphatic heterocycles. The first-order chi connectivity index (χ1) is 13.9. The van der Waals surface area contributed by atoms with Crippen LogP contribution < -0.4 is 4.31 Å².